The highest BCUT2D eigenvalue weighted by Gasteiger charge is 2.22. The molecule has 0 aliphatic carbocycles. The third-order valence-electron chi connectivity index (χ3n) is 1.60. The molecule has 0 aliphatic rings. The highest BCUT2D eigenvalue weighted by Crippen LogP contribution is 2.15. The minimum Gasteiger partial charge on any atom is -0.460 e. The van der Waals surface area contributed by atoms with Gasteiger partial charge in [0.2, 0.25) is 0 Å². The minimum atomic E-state index is -0.463. The summed E-state index contributed by atoms with van der Waals surface area (Å²) >= 11 is 0. The summed E-state index contributed by atoms with van der Waals surface area (Å²) in [6.45, 7) is 5.68. The summed E-state index contributed by atoms with van der Waals surface area (Å²) < 4.78 is 5.07. The molecule has 0 fully saturated rings. The van der Waals surface area contributed by atoms with Crippen LogP contribution in [0.5, 0.6) is 0 Å². The second-order valence-electron chi connectivity index (χ2n) is 4.07. The van der Waals surface area contributed by atoms with E-state index in [4.69, 9.17) is 4.74 Å². The lowest BCUT2D eigenvalue weighted by Gasteiger charge is -2.16. The first-order valence-corrected chi connectivity index (χ1v) is 4.41. The fourth-order valence-corrected chi connectivity index (χ4v) is 0.770. The Bertz CT molecular complexity index is 304. The molecule has 0 atom stereocenters. The van der Waals surface area contributed by atoms with Crippen LogP contribution in [0.1, 0.15) is 26.3 Å². The Labute approximate surface area is 83.3 Å². The van der Waals surface area contributed by atoms with Crippen molar-refractivity contribution in [1.82, 2.24) is 9.97 Å². The number of carbonyl (C=O) groups excluding carboxylic acids is 1. The van der Waals surface area contributed by atoms with Crippen LogP contribution in [0.4, 0.5) is 0 Å². The molecule has 0 saturated heterocycles. The van der Waals surface area contributed by atoms with E-state index in [0.29, 0.717) is 0 Å². The quantitative estimate of drug-likeness (QED) is 0.670. The molecular weight excluding hydrogens is 180 g/mol. The van der Waals surface area contributed by atoms with Gasteiger partial charge in [0.15, 0.2) is 0 Å². The van der Waals surface area contributed by atoms with E-state index in [1.165, 1.54) is 6.33 Å². The van der Waals surface area contributed by atoms with Crippen molar-refractivity contribution in [2.45, 2.75) is 27.4 Å². The van der Waals surface area contributed by atoms with Gasteiger partial charge in [-0.3, -0.25) is 4.79 Å². The summed E-state index contributed by atoms with van der Waals surface area (Å²) in [5, 5.41) is 0. The smallest absolute Gasteiger partial charge is 0.311 e. The number of hydrogen-bond acceptors (Lipinski definition) is 4. The topological polar surface area (TPSA) is 52.1 Å². The molecule has 0 N–H and O–H groups in total. The predicted octanol–water partition coefficient (Wildman–Crippen LogP) is 1.57. The van der Waals surface area contributed by atoms with E-state index >= 15 is 0 Å². The van der Waals surface area contributed by atoms with Gasteiger partial charge in [-0.1, -0.05) is 0 Å². The standard InChI is InChI=1S/C10H14N2O2/c1-10(2,3)9(13)14-6-8-4-11-7-12-5-8/h4-5,7H,6H2,1-3H3. The number of ether oxygens (including phenoxy) is 1. The van der Waals surface area contributed by atoms with E-state index in [-0.39, 0.29) is 12.6 Å². The number of aromatic nitrogens is 2. The Morgan fingerprint density at radius 1 is 1.36 bits per heavy atom. The SMILES string of the molecule is CC(C)(C)C(=O)OCc1cncnc1. The molecule has 0 bridgehead atoms. The fourth-order valence-electron chi connectivity index (χ4n) is 0.770. The highest BCUT2D eigenvalue weighted by atomic mass is 16.5. The second-order valence-corrected chi connectivity index (χ2v) is 4.07. The van der Waals surface area contributed by atoms with E-state index in [1.54, 1.807) is 12.4 Å². The van der Waals surface area contributed by atoms with Crippen molar-refractivity contribution in [2.24, 2.45) is 5.41 Å². The zero-order chi connectivity index (χ0) is 10.6. The molecule has 0 saturated carbocycles. The maximum Gasteiger partial charge on any atom is 0.311 e. The Kier molecular flexibility index (Phi) is 3.17. The summed E-state index contributed by atoms with van der Waals surface area (Å²) in [5.41, 5.74) is 0.334. The Morgan fingerprint density at radius 3 is 2.43 bits per heavy atom. The Morgan fingerprint density at radius 2 is 1.93 bits per heavy atom. The molecule has 76 valence electrons. The van der Waals surface area contributed by atoms with Gasteiger partial charge in [-0.15, -0.1) is 0 Å². The first-order chi connectivity index (χ1) is 6.50. The van der Waals surface area contributed by atoms with Gasteiger partial charge in [0.05, 0.1) is 5.41 Å². The van der Waals surface area contributed by atoms with Crippen LogP contribution in [0, 0.1) is 5.41 Å². The molecule has 0 aromatic carbocycles. The highest BCUT2D eigenvalue weighted by molar-refractivity contribution is 5.75. The van der Waals surface area contributed by atoms with Crippen LogP contribution in [0.15, 0.2) is 18.7 Å². The lowest BCUT2D eigenvalue weighted by atomic mass is 9.97. The summed E-state index contributed by atoms with van der Waals surface area (Å²) in [6, 6.07) is 0. The summed E-state index contributed by atoms with van der Waals surface area (Å²) in [4.78, 5) is 19.0. The number of rotatable bonds is 2. The van der Waals surface area contributed by atoms with Crippen molar-refractivity contribution >= 4 is 5.97 Å². The third kappa shape index (κ3) is 3.12. The second kappa shape index (κ2) is 4.17. The molecule has 1 aromatic heterocycles. The first kappa shape index (κ1) is 10.6. The summed E-state index contributed by atoms with van der Waals surface area (Å²) in [7, 11) is 0. The molecule has 1 rings (SSSR count). The lowest BCUT2D eigenvalue weighted by Crippen LogP contribution is -2.22. The number of hydrogen-bond donors (Lipinski definition) is 0. The molecule has 0 radical (unpaired) electrons. The predicted molar refractivity (Wildman–Crippen MR) is 51.3 cm³/mol. The zero-order valence-electron chi connectivity index (χ0n) is 8.65. The third-order valence-corrected chi connectivity index (χ3v) is 1.60. The molecular formula is C10H14N2O2. The van der Waals surface area contributed by atoms with Gasteiger partial charge in [-0.2, -0.15) is 0 Å². The van der Waals surface area contributed by atoms with Crippen molar-refractivity contribution in [3.05, 3.63) is 24.3 Å². The van der Waals surface area contributed by atoms with Crippen LogP contribution in [0.25, 0.3) is 0 Å². The van der Waals surface area contributed by atoms with Gasteiger partial charge in [-0.05, 0) is 20.8 Å². The van der Waals surface area contributed by atoms with E-state index in [2.05, 4.69) is 9.97 Å². The monoisotopic (exact) mass is 194 g/mol. The molecule has 0 amide bonds. The van der Waals surface area contributed by atoms with Crippen LogP contribution >= 0.6 is 0 Å². The van der Waals surface area contributed by atoms with Gasteiger partial charge >= 0.3 is 5.97 Å². The van der Waals surface area contributed by atoms with Gasteiger partial charge in [0.1, 0.15) is 12.9 Å². The van der Waals surface area contributed by atoms with Crippen LogP contribution in [0.3, 0.4) is 0 Å². The van der Waals surface area contributed by atoms with E-state index in [9.17, 15) is 4.79 Å². The van der Waals surface area contributed by atoms with Gasteiger partial charge in [0.25, 0.3) is 0 Å². The van der Waals surface area contributed by atoms with E-state index < -0.39 is 5.41 Å². The van der Waals surface area contributed by atoms with Crippen molar-refractivity contribution in [3.8, 4) is 0 Å². The molecule has 1 aromatic rings. The molecule has 0 unspecified atom stereocenters. The largest absolute Gasteiger partial charge is 0.460 e. The maximum atomic E-state index is 11.4. The Balaban J connectivity index is 2.46. The molecule has 0 aliphatic heterocycles. The molecule has 14 heavy (non-hydrogen) atoms. The molecule has 4 heteroatoms. The zero-order valence-corrected chi connectivity index (χ0v) is 8.65. The Hall–Kier alpha value is -1.45. The van der Waals surface area contributed by atoms with Gasteiger partial charge in [-0.25, -0.2) is 9.97 Å². The number of nitrogens with zero attached hydrogens (tertiary/aromatic N) is 2. The van der Waals surface area contributed by atoms with Crippen molar-refractivity contribution < 1.29 is 9.53 Å². The summed E-state index contributed by atoms with van der Waals surface area (Å²) in [5.74, 6) is -0.221. The minimum absolute atomic E-state index is 0.221. The summed E-state index contributed by atoms with van der Waals surface area (Å²) in [6.07, 6.45) is 4.70. The molecule has 0 spiro atoms. The van der Waals surface area contributed by atoms with Crippen LogP contribution < -0.4 is 0 Å². The van der Waals surface area contributed by atoms with E-state index in [0.717, 1.165) is 5.56 Å². The van der Waals surface area contributed by atoms with Crippen molar-refractivity contribution in [2.75, 3.05) is 0 Å². The van der Waals surface area contributed by atoms with Crippen LogP contribution in [-0.2, 0) is 16.1 Å². The van der Waals surface area contributed by atoms with Gasteiger partial charge < -0.3 is 4.74 Å². The van der Waals surface area contributed by atoms with Crippen molar-refractivity contribution in [3.63, 3.8) is 0 Å². The molecule has 4 nitrogen and oxygen atoms in total. The number of esters is 1. The lowest BCUT2D eigenvalue weighted by molar-refractivity contribution is -0.154. The normalized spacial score (nSPS) is 11.1. The average molecular weight is 194 g/mol. The maximum absolute atomic E-state index is 11.4. The van der Waals surface area contributed by atoms with Crippen LogP contribution in [0.2, 0.25) is 0 Å². The fraction of sp³-hybridized carbons (Fsp3) is 0.500. The number of carbonyl (C=O) groups is 1. The first-order valence-electron chi connectivity index (χ1n) is 4.41. The van der Waals surface area contributed by atoms with E-state index in [1.807, 2.05) is 20.8 Å². The average Bonchev–Trinajstić information content (AvgIpc) is 2.14. The van der Waals surface area contributed by atoms with Crippen LogP contribution in [-0.4, -0.2) is 15.9 Å². The van der Waals surface area contributed by atoms with Gasteiger partial charge in [0, 0.05) is 18.0 Å². The molecule has 1 heterocycles. The van der Waals surface area contributed by atoms with Crippen molar-refractivity contribution in [1.29, 1.82) is 0 Å².